The fourth-order valence-corrected chi connectivity index (χ4v) is 2.76. The van der Waals surface area contributed by atoms with Gasteiger partial charge >= 0.3 is 0 Å². The largest absolute Gasteiger partial charge is 0.382 e. The zero-order chi connectivity index (χ0) is 15.4. The Labute approximate surface area is 142 Å². The van der Waals surface area contributed by atoms with Crippen LogP contribution in [0.4, 0.5) is 11.9 Å². The van der Waals surface area contributed by atoms with Crippen LogP contribution >= 0.6 is 22.6 Å². The molecule has 0 spiro atoms. The molecule has 0 aromatic carbocycles. The van der Waals surface area contributed by atoms with Crippen LogP contribution in [-0.4, -0.2) is 64.3 Å². The minimum absolute atomic E-state index is 0.143. The molecule has 2 aromatic heterocycles. The maximum atomic E-state index is 5.35. The van der Waals surface area contributed by atoms with Gasteiger partial charge in [0.05, 0.1) is 12.6 Å². The first kappa shape index (κ1) is 15.3. The second-order valence-electron chi connectivity index (χ2n) is 4.89. The van der Waals surface area contributed by atoms with E-state index in [-0.39, 0.29) is 6.04 Å². The van der Waals surface area contributed by atoms with Crippen molar-refractivity contribution < 1.29 is 4.74 Å². The number of piperazine rings is 1. The predicted octanol–water partition coefficient (Wildman–Crippen LogP) is 0.608. The number of nitrogens with zero attached hydrogens (tertiary/aromatic N) is 7. The smallest absolute Gasteiger partial charge is 0.228 e. The third-order valence-electron chi connectivity index (χ3n) is 3.47. The van der Waals surface area contributed by atoms with E-state index >= 15 is 0 Å². The van der Waals surface area contributed by atoms with Gasteiger partial charge in [-0.1, -0.05) is 0 Å². The number of ether oxygens (including phenoxy) is 1. The van der Waals surface area contributed by atoms with Crippen LogP contribution in [0.5, 0.6) is 0 Å². The standard InChI is InChI=1S/C13H16IN7O/c1-22-7-11-6-20(12-16-4-10(14)5-17-12)2-3-21(11)13-18-8-15-9-19-13/h4-5,8-9,11H,2-3,6-7H2,1H3/t11-/m1/s1. The van der Waals surface area contributed by atoms with E-state index in [2.05, 4.69) is 57.3 Å². The molecule has 22 heavy (non-hydrogen) atoms. The lowest BCUT2D eigenvalue weighted by atomic mass is 10.2. The quantitative estimate of drug-likeness (QED) is 0.675. The monoisotopic (exact) mass is 413 g/mol. The summed E-state index contributed by atoms with van der Waals surface area (Å²) in [4.78, 5) is 25.5. The van der Waals surface area contributed by atoms with Crippen molar-refractivity contribution >= 4 is 34.5 Å². The lowest BCUT2D eigenvalue weighted by Crippen LogP contribution is -2.56. The average Bonchev–Trinajstić information content (AvgIpc) is 2.57. The summed E-state index contributed by atoms with van der Waals surface area (Å²) in [6.07, 6.45) is 6.68. The molecule has 0 N–H and O–H groups in total. The molecule has 1 fully saturated rings. The molecular weight excluding hydrogens is 397 g/mol. The third kappa shape index (κ3) is 3.40. The Kier molecular flexibility index (Phi) is 4.93. The first-order valence-electron chi connectivity index (χ1n) is 6.88. The van der Waals surface area contributed by atoms with Crippen LogP contribution in [0.1, 0.15) is 0 Å². The second kappa shape index (κ2) is 7.09. The molecule has 8 nitrogen and oxygen atoms in total. The highest BCUT2D eigenvalue weighted by atomic mass is 127. The number of methoxy groups -OCH3 is 1. The molecule has 2 aromatic rings. The Morgan fingerprint density at radius 1 is 1.14 bits per heavy atom. The van der Waals surface area contributed by atoms with Crippen molar-refractivity contribution in [2.75, 3.05) is 43.2 Å². The SMILES string of the molecule is COC[C@H]1CN(c2ncc(I)cn2)CCN1c1ncncn1. The second-order valence-corrected chi connectivity index (χ2v) is 6.13. The van der Waals surface area contributed by atoms with Gasteiger partial charge in [0.1, 0.15) is 12.7 Å². The number of rotatable bonds is 4. The van der Waals surface area contributed by atoms with Gasteiger partial charge in [-0.2, -0.15) is 0 Å². The molecule has 0 amide bonds. The van der Waals surface area contributed by atoms with Gasteiger partial charge in [-0.3, -0.25) is 0 Å². The van der Waals surface area contributed by atoms with Crippen LogP contribution in [0.15, 0.2) is 25.0 Å². The van der Waals surface area contributed by atoms with Crippen LogP contribution in [0.25, 0.3) is 0 Å². The molecule has 0 radical (unpaired) electrons. The molecule has 1 atom stereocenters. The van der Waals surface area contributed by atoms with Gasteiger partial charge in [-0.15, -0.1) is 0 Å². The molecule has 3 heterocycles. The molecule has 1 aliphatic heterocycles. The molecule has 9 heteroatoms. The molecule has 0 unspecified atom stereocenters. The minimum atomic E-state index is 0.143. The summed E-state index contributed by atoms with van der Waals surface area (Å²) < 4.78 is 6.38. The van der Waals surface area contributed by atoms with Crippen molar-refractivity contribution in [1.82, 2.24) is 24.9 Å². The fraction of sp³-hybridized carbons (Fsp3) is 0.462. The van der Waals surface area contributed by atoms with E-state index < -0.39 is 0 Å². The Balaban J connectivity index is 1.77. The summed E-state index contributed by atoms with van der Waals surface area (Å²) in [6.45, 7) is 2.95. The van der Waals surface area contributed by atoms with Crippen LogP contribution in [0.2, 0.25) is 0 Å². The van der Waals surface area contributed by atoms with Crippen LogP contribution in [0.3, 0.4) is 0 Å². The van der Waals surface area contributed by atoms with E-state index in [1.54, 1.807) is 7.11 Å². The molecule has 3 rings (SSSR count). The lowest BCUT2D eigenvalue weighted by molar-refractivity contribution is 0.173. The minimum Gasteiger partial charge on any atom is -0.382 e. The highest BCUT2D eigenvalue weighted by Gasteiger charge is 2.29. The molecule has 0 saturated carbocycles. The maximum absolute atomic E-state index is 5.35. The summed E-state index contributed by atoms with van der Waals surface area (Å²) in [5, 5.41) is 0. The highest BCUT2D eigenvalue weighted by molar-refractivity contribution is 14.1. The Morgan fingerprint density at radius 3 is 2.55 bits per heavy atom. The normalized spacial score (nSPS) is 18.5. The summed E-state index contributed by atoms with van der Waals surface area (Å²) >= 11 is 2.20. The Hall–Kier alpha value is -1.62. The van der Waals surface area contributed by atoms with Gasteiger partial charge in [-0.05, 0) is 22.6 Å². The molecule has 0 aliphatic carbocycles. The van der Waals surface area contributed by atoms with Gasteiger partial charge in [-0.25, -0.2) is 24.9 Å². The van der Waals surface area contributed by atoms with Crippen molar-refractivity contribution in [2.24, 2.45) is 0 Å². The van der Waals surface area contributed by atoms with Crippen molar-refractivity contribution in [3.8, 4) is 0 Å². The van der Waals surface area contributed by atoms with Crippen molar-refractivity contribution in [3.05, 3.63) is 28.6 Å². The zero-order valence-corrected chi connectivity index (χ0v) is 14.3. The van der Waals surface area contributed by atoms with Crippen molar-refractivity contribution in [3.63, 3.8) is 0 Å². The molecule has 0 bridgehead atoms. The first-order valence-corrected chi connectivity index (χ1v) is 7.96. The van der Waals surface area contributed by atoms with E-state index in [4.69, 9.17) is 4.74 Å². The van der Waals surface area contributed by atoms with Crippen LogP contribution in [0, 0.1) is 3.57 Å². The molecular formula is C13H16IN7O. The van der Waals surface area contributed by atoms with E-state index in [9.17, 15) is 0 Å². The van der Waals surface area contributed by atoms with Crippen molar-refractivity contribution in [1.29, 1.82) is 0 Å². The number of aromatic nitrogens is 5. The number of halogens is 1. The van der Waals surface area contributed by atoms with E-state index in [1.165, 1.54) is 12.7 Å². The van der Waals surface area contributed by atoms with Crippen LogP contribution in [-0.2, 0) is 4.74 Å². The van der Waals surface area contributed by atoms with Gasteiger partial charge in [0.25, 0.3) is 0 Å². The van der Waals surface area contributed by atoms with E-state index in [1.807, 2.05) is 12.4 Å². The zero-order valence-electron chi connectivity index (χ0n) is 12.1. The van der Waals surface area contributed by atoms with Gasteiger partial charge in [0.15, 0.2) is 0 Å². The van der Waals surface area contributed by atoms with Gasteiger partial charge in [0.2, 0.25) is 11.9 Å². The average molecular weight is 413 g/mol. The summed E-state index contributed by atoms with van der Waals surface area (Å²) in [7, 11) is 1.70. The number of anilines is 2. The topological polar surface area (TPSA) is 80.2 Å². The summed E-state index contributed by atoms with van der Waals surface area (Å²) in [5.41, 5.74) is 0. The Bertz CT molecular complexity index is 597. The predicted molar refractivity (Wildman–Crippen MR) is 89.8 cm³/mol. The molecule has 116 valence electrons. The van der Waals surface area contributed by atoms with E-state index in [0.29, 0.717) is 12.6 Å². The maximum Gasteiger partial charge on any atom is 0.228 e. The highest BCUT2D eigenvalue weighted by Crippen LogP contribution is 2.19. The summed E-state index contributed by atoms with van der Waals surface area (Å²) in [5.74, 6) is 1.43. The van der Waals surface area contributed by atoms with Gasteiger partial charge < -0.3 is 14.5 Å². The first-order chi connectivity index (χ1) is 10.8. The van der Waals surface area contributed by atoms with Crippen LogP contribution < -0.4 is 9.80 Å². The molecule has 1 saturated heterocycles. The van der Waals surface area contributed by atoms with Crippen molar-refractivity contribution in [2.45, 2.75) is 6.04 Å². The lowest BCUT2D eigenvalue weighted by Gasteiger charge is -2.40. The number of hydrogen-bond acceptors (Lipinski definition) is 8. The number of hydrogen-bond donors (Lipinski definition) is 0. The van der Waals surface area contributed by atoms with E-state index in [0.717, 1.165) is 29.2 Å². The fourth-order valence-electron chi connectivity index (χ4n) is 2.49. The third-order valence-corrected chi connectivity index (χ3v) is 4.03. The summed E-state index contributed by atoms with van der Waals surface area (Å²) in [6, 6.07) is 0.143. The Morgan fingerprint density at radius 2 is 1.86 bits per heavy atom. The molecule has 1 aliphatic rings. The van der Waals surface area contributed by atoms with Gasteiger partial charge in [0, 0.05) is 42.7 Å².